The number of carbonyl (C=O) groups excluding carboxylic acids is 1. The first-order valence-electron chi connectivity index (χ1n) is 8.47. The van der Waals surface area contributed by atoms with Crippen LogP contribution in [0.3, 0.4) is 0 Å². The smallest absolute Gasteiger partial charge is 0.303 e. The van der Waals surface area contributed by atoms with E-state index >= 15 is 0 Å². The summed E-state index contributed by atoms with van der Waals surface area (Å²) in [5, 5.41) is 21.8. The zero-order valence-electron chi connectivity index (χ0n) is 14.5. The van der Waals surface area contributed by atoms with Gasteiger partial charge in [-0.2, -0.15) is 0 Å². The number of esters is 1. The molecule has 4 rings (SSSR count). The molecule has 2 atom stereocenters. The van der Waals surface area contributed by atoms with Crippen molar-refractivity contribution < 1.29 is 19.7 Å². The monoisotopic (exact) mass is 310 g/mol. The second-order valence-corrected chi connectivity index (χ2v) is 9.46. The fourth-order valence-electron chi connectivity index (χ4n) is 6.13. The zero-order valence-corrected chi connectivity index (χ0v) is 14.5. The van der Waals surface area contributed by atoms with Crippen molar-refractivity contribution in [1.82, 2.24) is 0 Å². The lowest BCUT2D eigenvalue weighted by atomic mass is 9.37. The molecule has 4 heteroatoms. The Morgan fingerprint density at radius 2 is 1.41 bits per heavy atom. The van der Waals surface area contributed by atoms with E-state index in [0.29, 0.717) is 5.92 Å². The molecule has 0 saturated heterocycles. The molecule has 0 aromatic rings. The third kappa shape index (κ3) is 2.14. The van der Waals surface area contributed by atoms with Crippen LogP contribution in [0.1, 0.15) is 73.1 Å². The Morgan fingerprint density at radius 1 is 0.955 bits per heavy atom. The molecular formula is C18H30O4. The molecule has 4 fully saturated rings. The van der Waals surface area contributed by atoms with Gasteiger partial charge in [0, 0.05) is 17.8 Å². The van der Waals surface area contributed by atoms with Crippen molar-refractivity contribution in [1.29, 1.82) is 0 Å². The molecule has 126 valence electrons. The SMILES string of the molecule is CC(=O)OC12CC3CC(C(C)(C)O)(C1)CC(C(C)(C)O)(C3)C2. The lowest BCUT2D eigenvalue weighted by Gasteiger charge is -2.70. The van der Waals surface area contributed by atoms with E-state index in [2.05, 4.69) is 0 Å². The molecular weight excluding hydrogens is 280 g/mol. The Bertz CT molecular complexity index is 466. The van der Waals surface area contributed by atoms with E-state index in [9.17, 15) is 15.0 Å². The molecule has 0 radical (unpaired) electrons. The summed E-state index contributed by atoms with van der Waals surface area (Å²) in [5.74, 6) is 0.159. The Balaban J connectivity index is 2.10. The van der Waals surface area contributed by atoms with Crippen molar-refractivity contribution in [2.75, 3.05) is 0 Å². The summed E-state index contributed by atoms with van der Waals surface area (Å²) in [7, 11) is 0. The highest BCUT2D eigenvalue weighted by molar-refractivity contribution is 5.66. The zero-order chi connectivity index (χ0) is 16.6. The van der Waals surface area contributed by atoms with Gasteiger partial charge in [0.05, 0.1) is 11.2 Å². The summed E-state index contributed by atoms with van der Waals surface area (Å²) in [5.41, 5.74) is -2.74. The van der Waals surface area contributed by atoms with E-state index in [1.165, 1.54) is 6.92 Å². The maximum absolute atomic E-state index is 11.7. The van der Waals surface area contributed by atoms with Crippen LogP contribution in [0.25, 0.3) is 0 Å². The molecule has 0 amide bonds. The summed E-state index contributed by atoms with van der Waals surface area (Å²) in [4.78, 5) is 11.7. The van der Waals surface area contributed by atoms with Gasteiger partial charge in [-0.1, -0.05) is 0 Å². The van der Waals surface area contributed by atoms with Gasteiger partial charge < -0.3 is 14.9 Å². The summed E-state index contributed by atoms with van der Waals surface area (Å²) >= 11 is 0. The van der Waals surface area contributed by atoms with E-state index in [4.69, 9.17) is 4.74 Å². The Labute approximate surface area is 133 Å². The minimum Gasteiger partial charge on any atom is -0.459 e. The van der Waals surface area contributed by atoms with Crippen LogP contribution < -0.4 is 0 Å². The number of hydrogen-bond acceptors (Lipinski definition) is 4. The fourth-order valence-corrected chi connectivity index (χ4v) is 6.13. The van der Waals surface area contributed by atoms with Gasteiger partial charge >= 0.3 is 5.97 Å². The fraction of sp³-hybridized carbons (Fsp3) is 0.944. The molecule has 2 unspecified atom stereocenters. The van der Waals surface area contributed by atoms with Gasteiger partial charge in [0.15, 0.2) is 0 Å². The van der Waals surface area contributed by atoms with E-state index in [1.54, 1.807) is 0 Å². The average Bonchev–Trinajstić information content (AvgIpc) is 2.21. The highest BCUT2D eigenvalue weighted by Gasteiger charge is 2.70. The maximum atomic E-state index is 11.7. The van der Waals surface area contributed by atoms with Crippen molar-refractivity contribution in [2.45, 2.75) is 89.9 Å². The molecule has 4 aliphatic carbocycles. The summed E-state index contributed by atoms with van der Waals surface area (Å²) in [6.45, 7) is 8.96. The Morgan fingerprint density at radius 3 is 1.77 bits per heavy atom. The molecule has 4 bridgehead atoms. The largest absolute Gasteiger partial charge is 0.459 e. The van der Waals surface area contributed by atoms with Crippen LogP contribution in [-0.2, 0) is 9.53 Å². The first kappa shape index (κ1) is 16.3. The van der Waals surface area contributed by atoms with E-state index in [1.807, 2.05) is 27.7 Å². The number of rotatable bonds is 3. The van der Waals surface area contributed by atoms with Crippen LogP contribution in [0.4, 0.5) is 0 Å². The summed E-state index contributed by atoms with van der Waals surface area (Å²) in [6.07, 6.45) is 5.07. The van der Waals surface area contributed by atoms with Crippen LogP contribution in [0.15, 0.2) is 0 Å². The summed E-state index contributed by atoms with van der Waals surface area (Å²) < 4.78 is 5.83. The third-order valence-electron chi connectivity index (χ3n) is 6.97. The van der Waals surface area contributed by atoms with Crippen molar-refractivity contribution in [3.8, 4) is 0 Å². The lowest BCUT2D eigenvalue weighted by molar-refractivity contribution is -0.285. The lowest BCUT2D eigenvalue weighted by Crippen LogP contribution is -2.70. The Hall–Kier alpha value is -0.610. The minimum absolute atomic E-state index is 0.251. The molecule has 4 saturated carbocycles. The van der Waals surface area contributed by atoms with E-state index in [0.717, 1.165) is 38.5 Å². The van der Waals surface area contributed by atoms with Gasteiger partial charge in [-0.25, -0.2) is 0 Å². The summed E-state index contributed by atoms with van der Waals surface area (Å²) in [6, 6.07) is 0. The third-order valence-corrected chi connectivity index (χ3v) is 6.97. The van der Waals surface area contributed by atoms with Gasteiger partial charge in [-0.3, -0.25) is 4.79 Å². The Kier molecular flexibility index (Phi) is 3.15. The average molecular weight is 310 g/mol. The molecule has 0 aromatic heterocycles. The number of ether oxygens (including phenoxy) is 1. The standard InChI is InChI=1S/C18H30O4/c1-12(19)22-18-8-13-6-16(10-18,14(2,3)20)9-17(7-13,11-18)15(4,5)21/h13,20-21H,6-11H2,1-5H3. The quantitative estimate of drug-likeness (QED) is 0.787. The van der Waals surface area contributed by atoms with Crippen LogP contribution in [0.2, 0.25) is 0 Å². The van der Waals surface area contributed by atoms with Crippen molar-refractivity contribution in [3.63, 3.8) is 0 Å². The van der Waals surface area contributed by atoms with Gasteiger partial charge in [0.2, 0.25) is 0 Å². The maximum Gasteiger partial charge on any atom is 0.303 e. The minimum atomic E-state index is -0.839. The van der Waals surface area contributed by atoms with Gasteiger partial charge in [0.1, 0.15) is 5.60 Å². The molecule has 4 nitrogen and oxygen atoms in total. The first-order valence-corrected chi connectivity index (χ1v) is 8.47. The molecule has 0 spiro atoms. The number of carbonyl (C=O) groups is 1. The molecule has 0 aromatic carbocycles. The number of hydrogen-bond donors (Lipinski definition) is 2. The molecule has 2 N–H and O–H groups in total. The second-order valence-electron chi connectivity index (χ2n) is 9.46. The highest BCUT2D eigenvalue weighted by atomic mass is 16.6. The molecule has 22 heavy (non-hydrogen) atoms. The van der Waals surface area contributed by atoms with Gasteiger partial charge in [-0.15, -0.1) is 0 Å². The van der Waals surface area contributed by atoms with Crippen molar-refractivity contribution in [2.24, 2.45) is 16.7 Å². The van der Waals surface area contributed by atoms with E-state index in [-0.39, 0.29) is 16.8 Å². The van der Waals surface area contributed by atoms with Gasteiger partial charge in [-0.05, 0) is 72.1 Å². The molecule has 0 heterocycles. The highest BCUT2D eigenvalue weighted by Crippen LogP contribution is 2.72. The van der Waals surface area contributed by atoms with Crippen molar-refractivity contribution in [3.05, 3.63) is 0 Å². The van der Waals surface area contributed by atoms with Crippen LogP contribution in [-0.4, -0.2) is 33.0 Å². The van der Waals surface area contributed by atoms with Crippen LogP contribution >= 0.6 is 0 Å². The molecule has 0 aliphatic heterocycles. The normalized spacial score (nSPS) is 44.2. The molecule has 4 aliphatic rings. The van der Waals surface area contributed by atoms with Crippen molar-refractivity contribution >= 4 is 5.97 Å². The van der Waals surface area contributed by atoms with E-state index < -0.39 is 16.8 Å². The number of aliphatic hydroxyl groups is 2. The predicted octanol–water partition coefficient (Wildman–Crippen LogP) is 2.80. The topological polar surface area (TPSA) is 66.8 Å². The van der Waals surface area contributed by atoms with Gasteiger partial charge in [0.25, 0.3) is 0 Å². The van der Waals surface area contributed by atoms with Crippen LogP contribution in [0, 0.1) is 16.7 Å². The van der Waals surface area contributed by atoms with Crippen LogP contribution in [0.5, 0.6) is 0 Å². The first-order chi connectivity index (χ1) is 9.82. The second kappa shape index (κ2) is 4.27. The predicted molar refractivity (Wildman–Crippen MR) is 83.2 cm³/mol.